The molecule has 0 aromatic rings. The van der Waals surface area contributed by atoms with Crippen molar-refractivity contribution in [3.05, 3.63) is 0 Å². The molecule has 76 valence electrons. The van der Waals surface area contributed by atoms with Gasteiger partial charge in [0.05, 0.1) is 0 Å². The van der Waals surface area contributed by atoms with Gasteiger partial charge in [0.2, 0.25) is 0 Å². The van der Waals surface area contributed by atoms with Gasteiger partial charge in [-0.25, -0.2) is 0 Å². The molecule has 1 fully saturated rings. The zero-order chi connectivity index (χ0) is 9.84. The van der Waals surface area contributed by atoms with Crippen LogP contribution in [0.5, 0.6) is 0 Å². The van der Waals surface area contributed by atoms with E-state index in [2.05, 4.69) is 11.2 Å². The standard InChI is InChI=1S/C9H17NO2S/c1-7(9(11)12)10-5-3-4-8(6-10)13-2/h7-8H,3-6H2,1-2H3,(H,11,12). The number of hydrogen-bond donors (Lipinski definition) is 1. The molecular weight excluding hydrogens is 186 g/mol. The summed E-state index contributed by atoms with van der Waals surface area (Å²) in [4.78, 5) is 12.8. The van der Waals surface area contributed by atoms with E-state index >= 15 is 0 Å². The Bertz CT molecular complexity index is 186. The maximum absolute atomic E-state index is 10.7. The summed E-state index contributed by atoms with van der Waals surface area (Å²) in [5.41, 5.74) is 0. The van der Waals surface area contributed by atoms with Crippen molar-refractivity contribution >= 4 is 17.7 Å². The number of carbonyl (C=O) groups is 1. The molecule has 13 heavy (non-hydrogen) atoms. The average molecular weight is 203 g/mol. The van der Waals surface area contributed by atoms with Gasteiger partial charge in [0.25, 0.3) is 0 Å². The van der Waals surface area contributed by atoms with Crippen LogP contribution >= 0.6 is 11.8 Å². The number of likely N-dealkylation sites (tertiary alicyclic amines) is 1. The molecule has 0 aromatic carbocycles. The number of hydrogen-bond acceptors (Lipinski definition) is 3. The van der Waals surface area contributed by atoms with Crippen molar-refractivity contribution in [2.75, 3.05) is 19.3 Å². The number of nitrogens with zero attached hydrogens (tertiary/aromatic N) is 1. The summed E-state index contributed by atoms with van der Waals surface area (Å²) < 4.78 is 0. The fourth-order valence-electron chi connectivity index (χ4n) is 1.67. The van der Waals surface area contributed by atoms with Gasteiger partial charge in [-0.2, -0.15) is 11.8 Å². The lowest BCUT2D eigenvalue weighted by molar-refractivity contribution is -0.142. The van der Waals surface area contributed by atoms with Crippen LogP contribution in [0.1, 0.15) is 19.8 Å². The van der Waals surface area contributed by atoms with Gasteiger partial charge in [-0.3, -0.25) is 9.69 Å². The Morgan fingerprint density at radius 3 is 2.92 bits per heavy atom. The molecule has 0 bridgehead atoms. The van der Waals surface area contributed by atoms with Crippen molar-refractivity contribution in [1.29, 1.82) is 0 Å². The average Bonchev–Trinajstić information content (AvgIpc) is 2.16. The Hall–Kier alpha value is -0.220. The van der Waals surface area contributed by atoms with E-state index in [-0.39, 0.29) is 6.04 Å². The second-order valence-corrected chi connectivity index (χ2v) is 4.65. The van der Waals surface area contributed by atoms with Crippen LogP contribution in [0.2, 0.25) is 0 Å². The molecule has 3 nitrogen and oxygen atoms in total. The number of carboxylic acid groups (broad SMARTS) is 1. The quantitative estimate of drug-likeness (QED) is 0.750. The van der Waals surface area contributed by atoms with Crippen LogP contribution < -0.4 is 0 Å². The molecule has 1 rings (SSSR count). The number of piperidine rings is 1. The molecule has 0 radical (unpaired) electrons. The summed E-state index contributed by atoms with van der Waals surface area (Å²) in [6, 6.07) is -0.324. The van der Waals surface area contributed by atoms with E-state index in [4.69, 9.17) is 5.11 Å². The summed E-state index contributed by atoms with van der Waals surface area (Å²) in [7, 11) is 0. The lowest BCUT2D eigenvalue weighted by Gasteiger charge is -2.34. The first-order chi connectivity index (χ1) is 6.15. The molecule has 4 heteroatoms. The predicted octanol–water partition coefficient (Wildman–Crippen LogP) is 1.29. The third kappa shape index (κ3) is 2.88. The maximum Gasteiger partial charge on any atom is 0.320 e. The van der Waals surface area contributed by atoms with Gasteiger partial charge >= 0.3 is 5.97 Å². The van der Waals surface area contributed by atoms with Gasteiger partial charge in [-0.05, 0) is 32.6 Å². The third-order valence-electron chi connectivity index (χ3n) is 2.65. The second kappa shape index (κ2) is 4.86. The molecule has 0 aromatic heterocycles. The highest BCUT2D eigenvalue weighted by molar-refractivity contribution is 7.99. The molecule has 0 saturated carbocycles. The second-order valence-electron chi connectivity index (χ2n) is 3.51. The van der Waals surface area contributed by atoms with Crippen molar-refractivity contribution in [3.8, 4) is 0 Å². The van der Waals surface area contributed by atoms with E-state index in [0.717, 1.165) is 19.5 Å². The zero-order valence-corrected chi connectivity index (χ0v) is 9.01. The minimum atomic E-state index is -0.707. The SMILES string of the molecule is CSC1CCCN(C(C)C(=O)O)C1. The van der Waals surface area contributed by atoms with E-state index < -0.39 is 5.97 Å². The summed E-state index contributed by atoms with van der Waals surface area (Å²) in [5.74, 6) is -0.707. The summed E-state index contributed by atoms with van der Waals surface area (Å²) in [6.45, 7) is 3.63. The van der Waals surface area contributed by atoms with E-state index in [1.165, 1.54) is 6.42 Å². The summed E-state index contributed by atoms with van der Waals surface area (Å²) >= 11 is 1.84. The van der Waals surface area contributed by atoms with Gasteiger partial charge in [0, 0.05) is 11.8 Å². The van der Waals surface area contributed by atoms with E-state index in [0.29, 0.717) is 5.25 Å². The van der Waals surface area contributed by atoms with E-state index in [1.807, 2.05) is 11.8 Å². The van der Waals surface area contributed by atoms with Crippen LogP contribution in [0.3, 0.4) is 0 Å². The molecule has 1 saturated heterocycles. The highest BCUT2D eigenvalue weighted by Gasteiger charge is 2.26. The number of thioether (sulfide) groups is 1. The lowest BCUT2D eigenvalue weighted by Crippen LogP contribution is -2.45. The number of rotatable bonds is 3. The van der Waals surface area contributed by atoms with Gasteiger partial charge in [0.1, 0.15) is 6.04 Å². The van der Waals surface area contributed by atoms with Crippen molar-refractivity contribution in [2.24, 2.45) is 0 Å². The predicted molar refractivity (Wildman–Crippen MR) is 55.2 cm³/mol. The largest absolute Gasteiger partial charge is 0.480 e. The third-order valence-corrected chi connectivity index (χ3v) is 3.70. The van der Waals surface area contributed by atoms with Gasteiger partial charge in [-0.1, -0.05) is 0 Å². The monoisotopic (exact) mass is 203 g/mol. The smallest absolute Gasteiger partial charge is 0.320 e. The van der Waals surface area contributed by atoms with Crippen LogP contribution in [-0.2, 0) is 4.79 Å². The normalized spacial score (nSPS) is 27.1. The van der Waals surface area contributed by atoms with Crippen molar-refractivity contribution in [2.45, 2.75) is 31.1 Å². The first-order valence-electron chi connectivity index (χ1n) is 4.64. The van der Waals surface area contributed by atoms with Crippen LogP contribution in [0.25, 0.3) is 0 Å². The molecule has 2 unspecified atom stereocenters. The minimum absolute atomic E-state index is 0.324. The number of aliphatic carboxylic acids is 1. The van der Waals surface area contributed by atoms with Gasteiger partial charge in [0.15, 0.2) is 0 Å². The van der Waals surface area contributed by atoms with E-state index in [9.17, 15) is 4.79 Å². The first-order valence-corrected chi connectivity index (χ1v) is 5.93. The maximum atomic E-state index is 10.7. The summed E-state index contributed by atoms with van der Waals surface area (Å²) in [6.07, 6.45) is 4.45. The van der Waals surface area contributed by atoms with E-state index in [1.54, 1.807) is 6.92 Å². The molecule has 1 N–H and O–H groups in total. The first kappa shape index (κ1) is 10.9. The summed E-state index contributed by atoms with van der Waals surface area (Å²) in [5, 5.41) is 9.47. The Morgan fingerprint density at radius 2 is 2.38 bits per heavy atom. The zero-order valence-electron chi connectivity index (χ0n) is 8.19. The topological polar surface area (TPSA) is 40.5 Å². The Kier molecular flexibility index (Phi) is 4.06. The van der Waals surface area contributed by atoms with Crippen LogP contribution in [0.4, 0.5) is 0 Å². The van der Waals surface area contributed by atoms with Crippen LogP contribution in [-0.4, -0.2) is 46.6 Å². The highest BCUT2D eigenvalue weighted by Crippen LogP contribution is 2.21. The van der Waals surface area contributed by atoms with Crippen LogP contribution in [0, 0.1) is 0 Å². The fourth-order valence-corrected chi connectivity index (χ4v) is 2.41. The minimum Gasteiger partial charge on any atom is -0.480 e. The lowest BCUT2D eigenvalue weighted by atomic mass is 10.1. The molecule has 1 aliphatic rings. The van der Waals surface area contributed by atoms with Crippen molar-refractivity contribution in [3.63, 3.8) is 0 Å². The molecule has 2 atom stereocenters. The Morgan fingerprint density at radius 1 is 1.69 bits per heavy atom. The Balaban J connectivity index is 2.46. The van der Waals surface area contributed by atoms with Gasteiger partial charge in [-0.15, -0.1) is 0 Å². The van der Waals surface area contributed by atoms with Crippen LogP contribution in [0.15, 0.2) is 0 Å². The van der Waals surface area contributed by atoms with Gasteiger partial charge < -0.3 is 5.11 Å². The Labute approximate surface area is 83.5 Å². The molecule has 0 amide bonds. The fraction of sp³-hybridized carbons (Fsp3) is 0.889. The molecule has 0 spiro atoms. The molecule has 1 aliphatic heterocycles. The van der Waals surface area contributed by atoms with Crippen molar-refractivity contribution < 1.29 is 9.90 Å². The molecule has 1 heterocycles. The molecular formula is C9H17NO2S. The van der Waals surface area contributed by atoms with Crippen molar-refractivity contribution in [1.82, 2.24) is 4.90 Å². The highest BCUT2D eigenvalue weighted by atomic mass is 32.2. The number of carboxylic acids is 1. The molecule has 0 aliphatic carbocycles.